The van der Waals surface area contributed by atoms with E-state index in [0.717, 1.165) is 5.69 Å². The van der Waals surface area contributed by atoms with E-state index in [1.165, 1.54) is 12.8 Å². The summed E-state index contributed by atoms with van der Waals surface area (Å²) < 4.78 is 5.47. The molecule has 1 aliphatic rings. The average Bonchev–Trinajstić information content (AvgIpc) is 3.11. The van der Waals surface area contributed by atoms with E-state index in [2.05, 4.69) is 5.32 Å². The number of amides is 1. The van der Waals surface area contributed by atoms with Gasteiger partial charge in [-0.25, -0.2) is 0 Å². The monoisotopic (exact) mass is 234 g/mol. The predicted octanol–water partition coefficient (Wildman–Crippen LogP) is 1.76. The van der Waals surface area contributed by atoms with Crippen molar-refractivity contribution in [3.63, 3.8) is 0 Å². The van der Waals surface area contributed by atoms with Gasteiger partial charge in [0.1, 0.15) is 12.4 Å². The van der Waals surface area contributed by atoms with Crippen LogP contribution in [-0.4, -0.2) is 19.1 Å². The number of para-hydroxylation sites is 2. The quantitative estimate of drug-likeness (QED) is 0.788. The lowest BCUT2D eigenvalue weighted by atomic mass is 10.2. The SMILES string of the molecule is NCCOc1ccccc1NC(=O)CC1CC1. The maximum atomic E-state index is 11.7. The summed E-state index contributed by atoms with van der Waals surface area (Å²) in [7, 11) is 0. The third-order valence-corrected chi connectivity index (χ3v) is 2.71. The fraction of sp³-hybridized carbons (Fsp3) is 0.462. The van der Waals surface area contributed by atoms with E-state index in [1.54, 1.807) is 0 Å². The molecule has 4 heteroatoms. The molecule has 0 aromatic heterocycles. The largest absolute Gasteiger partial charge is 0.490 e. The van der Waals surface area contributed by atoms with E-state index >= 15 is 0 Å². The molecule has 0 spiro atoms. The standard InChI is InChI=1S/C13H18N2O2/c14-7-8-17-12-4-2-1-3-11(12)15-13(16)9-10-5-6-10/h1-4,10H,5-9,14H2,(H,15,16). The van der Waals surface area contributed by atoms with Gasteiger partial charge in [-0.3, -0.25) is 4.79 Å². The number of carbonyl (C=O) groups excluding carboxylic acids is 1. The molecule has 1 fully saturated rings. The summed E-state index contributed by atoms with van der Waals surface area (Å²) in [4.78, 5) is 11.7. The molecule has 17 heavy (non-hydrogen) atoms. The lowest BCUT2D eigenvalue weighted by Crippen LogP contribution is -2.15. The molecular formula is C13H18N2O2. The van der Waals surface area contributed by atoms with Crippen LogP contribution in [0, 0.1) is 5.92 Å². The topological polar surface area (TPSA) is 64.3 Å². The fourth-order valence-electron chi connectivity index (χ4n) is 1.65. The minimum Gasteiger partial charge on any atom is -0.490 e. The van der Waals surface area contributed by atoms with Crippen LogP contribution in [0.4, 0.5) is 5.69 Å². The molecule has 1 saturated carbocycles. The highest BCUT2D eigenvalue weighted by Gasteiger charge is 2.24. The van der Waals surface area contributed by atoms with Gasteiger partial charge < -0.3 is 15.8 Å². The number of hydrogen-bond acceptors (Lipinski definition) is 3. The second-order valence-corrected chi connectivity index (χ2v) is 4.33. The van der Waals surface area contributed by atoms with Crippen LogP contribution in [0.5, 0.6) is 5.75 Å². The highest BCUT2D eigenvalue weighted by atomic mass is 16.5. The van der Waals surface area contributed by atoms with Gasteiger partial charge in [-0.15, -0.1) is 0 Å². The highest BCUT2D eigenvalue weighted by molar-refractivity contribution is 5.92. The van der Waals surface area contributed by atoms with Gasteiger partial charge in [-0.2, -0.15) is 0 Å². The molecule has 1 aromatic carbocycles. The molecule has 0 heterocycles. The minimum atomic E-state index is 0.0660. The molecule has 0 unspecified atom stereocenters. The summed E-state index contributed by atoms with van der Waals surface area (Å²) in [5.41, 5.74) is 6.12. The van der Waals surface area contributed by atoms with Gasteiger partial charge in [0.15, 0.2) is 0 Å². The minimum absolute atomic E-state index is 0.0660. The lowest BCUT2D eigenvalue weighted by Gasteiger charge is -2.11. The van der Waals surface area contributed by atoms with Gasteiger partial charge in [0.25, 0.3) is 0 Å². The molecule has 4 nitrogen and oxygen atoms in total. The molecule has 0 saturated heterocycles. The van der Waals surface area contributed by atoms with Gasteiger partial charge >= 0.3 is 0 Å². The first-order chi connectivity index (χ1) is 8.29. The maximum absolute atomic E-state index is 11.7. The third kappa shape index (κ3) is 3.75. The summed E-state index contributed by atoms with van der Waals surface area (Å²) in [5, 5.41) is 2.89. The van der Waals surface area contributed by atoms with Gasteiger partial charge in [0.2, 0.25) is 5.91 Å². The first-order valence-electron chi connectivity index (χ1n) is 6.01. The molecule has 0 radical (unpaired) electrons. The van der Waals surface area contributed by atoms with Crippen molar-refractivity contribution in [1.82, 2.24) is 0 Å². The molecule has 92 valence electrons. The van der Waals surface area contributed by atoms with Crippen LogP contribution in [0.1, 0.15) is 19.3 Å². The van der Waals surface area contributed by atoms with E-state index in [9.17, 15) is 4.79 Å². The van der Waals surface area contributed by atoms with Crippen LogP contribution in [-0.2, 0) is 4.79 Å². The Hall–Kier alpha value is -1.55. The van der Waals surface area contributed by atoms with Gasteiger partial charge in [0, 0.05) is 13.0 Å². The number of nitrogens with two attached hydrogens (primary N) is 1. The first kappa shape index (κ1) is 11.9. The Morgan fingerprint density at radius 1 is 1.41 bits per heavy atom. The van der Waals surface area contributed by atoms with Gasteiger partial charge in [-0.05, 0) is 30.9 Å². The Bertz CT molecular complexity index is 389. The maximum Gasteiger partial charge on any atom is 0.224 e. The Morgan fingerprint density at radius 2 is 2.18 bits per heavy atom. The van der Waals surface area contributed by atoms with Crippen molar-refractivity contribution >= 4 is 11.6 Å². The number of nitrogens with one attached hydrogen (secondary N) is 1. The van der Waals surface area contributed by atoms with Crippen molar-refractivity contribution in [2.45, 2.75) is 19.3 Å². The molecule has 1 amide bonds. The Kier molecular flexibility index (Phi) is 3.98. The van der Waals surface area contributed by atoms with Crippen LogP contribution in [0.25, 0.3) is 0 Å². The van der Waals surface area contributed by atoms with Crippen molar-refractivity contribution in [1.29, 1.82) is 0 Å². The van der Waals surface area contributed by atoms with Crippen molar-refractivity contribution in [2.75, 3.05) is 18.5 Å². The average molecular weight is 234 g/mol. The van der Waals surface area contributed by atoms with E-state index in [4.69, 9.17) is 10.5 Å². The zero-order valence-electron chi connectivity index (χ0n) is 9.82. The van der Waals surface area contributed by atoms with Crippen LogP contribution >= 0.6 is 0 Å². The molecule has 3 N–H and O–H groups in total. The molecule has 1 aliphatic carbocycles. The number of rotatable bonds is 6. The predicted molar refractivity (Wildman–Crippen MR) is 67.0 cm³/mol. The third-order valence-electron chi connectivity index (χ3n) is 2.71. The smallest absolute Gasteiger partial charge is 0.224 e. The summed E-state index contributed by atoms with van der Waals surface area (Å²) in [6.07, 6.45) is 2.97. The summed E-state index contributed by atoms with van der Waals surface area (Å²) >= 11 is 0. The second-order valence-electron chi connectivity index (χ2n) is 4.33. The first-order valence-corrected chi connectivity index (χ1v) is 6.01. The lowest BCUT2D eigenvalue weighted by molar-refractivity contribution is -0.116. The molecule has 2 rings (SSSR count). The van der Waals surface area contributed by atoms with Crippen molar-refractivity contribution < 1.29 is 9.53 Å². The van der Waals surface area contributed by atoms with E-state index in [1.807, 2.05) is 24.3 Å². The highest BCUT2D eigenvalue weighted by Crippen LogP contribution is 2.33. The van der Waals surface area contributed by atoms with Crippen LogP contribution in [0.2, 0.25) is 0 Å². The fourth-order valence-corrected chi connectivity index (χ4v) is 1.65. The van der Waals surface area contributed by atoms with Gasteiger partial charge in [0.05, 0.1) is 5.69 Å². The Labute approximate surface area is 101 Å². The molecule has 0 atom stereocenters. The second kappa shape index (κ2) is 5.68. The van der Waals surface area contributed by atoms with Gasteiger partial charge in [-0.1, -0.05) is 12.1 Å². The Balaban J connectivity index is 1.95. The number of carbonyl (C=O) groups is 1. The molecule has 0 aliphatic heterocycles. The van der Waals surface area contributed by atoms with E-state index in [0.29, 0.717) is 31.2 Å². The Morgan fingerprint density at radius 3 is 2.88 bits per heavy atom. The normalized spacial score (nSPS) is 14.4. The summed E-state index contributed by atoms with van der Waals surface area (Å²) in [5.74, 6) is 1.34. The summed E-state index contributed by atoms with van der Waals surface area (Å²) in [6, 6.07) is 7.43. The number of ether oxygens (including phenoxy) is 1. The van der Waals surface area contributed by atoms with E-state index < -0.39 is 0 Å². The van der Waals surface area contributed by atoms with Crippen molar-refractivity contribution in [3.8, 4) is 5.75 Å². The molecular weight excluding hydrogens is 216 g/mol. The van der Waals surface area contributed by atoms with Crippen LogP contribution < -0.4 is 15.8 Å². The number of hydrogen-bond donors (Lipinski definition) is 2. The van der Waals surface area contributed by atoms with Crippen molar-refractivity contribution in [3.05, 3.63) is 24.3 Å². The van der Waals surface area contributed by atoms with Crippen molar-refractivity contribution in [2.24, 2.45) is 11.7 Å². The molecule has 1 aromatic rings. The van der Waals surface area contributed by atoms with Crippen LogP contribution in [0.3, 0.4) is 0 Å². The zero-order valence-corrected chi connectivity index (χ0v) is 9.82. The summed E-state index contributed by atoms with van der Waals surface area (Å²) in [6.45, 7) is 0.917. The zero-order chi connectivity index (χ0) is 12.1. The molecule has 0 bridgehead atoms. The van der Waals surface area contributed by atoms with Crippen LogP contribution in [0.15, 0.2) is 24.3 Å². The number of anilines is 1. The number of benzene rings is 1. The van der Waals surface area contributed by atoms with E-state index in [-0.39, 0.29) is 5.91 Å².